The Morgan fingerprint density at radius 3 is 2.83 bits per heavy atom. The van der Waals surface area contributed by atoms with E-state index >= 15 is 0 Å². The van der Waals surface area contributed by atoms with Crippen LogP contribution in [-0.4, -0.2) is 46.8 Å². The summed E-state index contributed by atoms with van der Waals surface area (Å²) in [5, 5.41) is 0. The van der Waals surface area contributed by atoms with Crippen LogP contribution in [0, 0.1) is 5.82 Å². The molecule has 1 saturated heterocycles. The lowest BCUT2D eigenvalue weighted by Crippen LogP contribution is -2.45. The molecule has 2 aliphatic heterocycles. The number of ether oxygens (including phenoxy) is 2. The van der Waals surface area contributed by atoms with Gasteiger partial charge in [0.15, 0.2) is 11.5 Å². The van der Waals surface area contributed by atoms with Crippen LogP contribution in [0.25, 0.3) is 11.0 Å². The minimum Gasteiger partial charge on any atom is -0.486 e. The number of hydrogen-bond acceptors (Lipinski definition) is 4. The van der Waals surface area contributed by atoms with Crippen LogP contribution in [0.4, 0.5) is 4.39 Å². The van der Waals surface area contributed by atoms with Gasteiger partial charge in [-0.2, -0.15) is 0 Å². The first-order valence-electron chi connectivity index (χ1n) is 10.9. The molecule has 2 unspecified atom stereocenters. The average Bonchev–Trinajstić information content (AvgIpc) is 3.13. The monoisotopic (exact) mass is 409 g/mol. The van der Waals surface area contributed by atoms with Gasteiger partial charge in [0, 0.05) is 25.0 Å². The minimum absolute atomic E-state index is 0.0141. The lowest BCUT2D eigenvalue weighted by Gasteiger charge is -2.37. The lowest BCUT2D eigenvalue weighted by atomic mass is 10.0. The number of fused-ring (bicyclic) bond motifs is 2. The van der Waals surface area contributed by atoms with E-state index in [-0.39, 0.29) is 23.9 Å². The fraction of sp³-hybridized carbons (Fsp3) is 0.458. The molecule has 6 heteroatoms. The summed E-state index contributed by atoms with van der Waals surface area (Å²) < 4.78 is 28.4. The third-order valence-electron chi connectivity index (χ3n) is 6.07. The average molecular weight is 410 g/mol. The van der Waals surface area contributed by atoms with Crippen molar-refractivity contribution in [2.45, 2.75) is 44.8 Å². The van der Waals surface area contributed by atoms with E-state index in [0.29, 0.717) is 6.61 Å². The quantitative estimate of drug-likeness (QED) is 0.622. The third kappa shape index (κ3) is 3.65. The highest BCUT2D eigenvalue weighted by Crippen LogP contribution is 2.33. The number of aromatic nitrogens is 2. The third-order valence-corrected chi connectivity index (χ3v) is 6.07. The Balaban J connectivity index is 1.36. The Morgan fingerprint density at radius 2 is 2.00 bits per heavy atom. The van der Waals surface area contributed by atoms with Crippen LogP contribution in [0.2, 0.25) is 0 Å². The summed E-state index contributed by atoms with van der Waals surface area (Å²) in [5.74, 6) is 2.74. The lowest BCUT2D eigenvalue weighted by molar-refractivity contribution is 0.0461. The van der Waals surface area contributed by atoms with E-state index in [1.54, 1.807) is 12.1 Å². The Morgan fingerprint density at radius 1 is 1.17 bits per heavy atom. The van der Waals surface area contributed by atoms with Crippen molar-refractivity contribution >= 4 is 11.0 Å². The van der Waals surface area contributed by atoms with Gasteiger partial charge in [-0.25, -0.2) is 9.37 Å². The van der Waals surface area contributed by atoms with Gasteiger partial charge in [-0.1, -0.05) is 26.0 Å². The van der Waals surface area contributed by atoms with E-state index in [2.05, 4.69) is 23.3 Å². The summed E-state index contributed by atoms with van der Waals surface area (Å²) in [6.07, 6.45) is 2.19. The Bertz CT molecular complexity index is 1050. The van der Waals surface area contributed by atoms with Gasteiger partial charge in [0.25, 0.3) is 0 Å². The zero-order valence-electron chi connectivity index (χ0n) is 17.6. The molecule has 3 aromatic rings. The van der Waals surface area contributed by atoms with Crippen LogP contribution in [-0.2, 0) is 0 Å². The van der Waals surface area contributed by atoms with E-state index in [9.17, 15) is 4.39 Å². The number of para-hydroxylation sites is 2. The van der Waals surface area contributed by atoms with E-state index in [0.717, 1.165) is 60.8 Å². The van der Waals surface area contributed by atoms with E-state index in [1.807, 2.05) is 24.3 Å². The summed E-state index contributed by atoms with van der Waals surface area (Å²) in [6, 6.07) is 13.0. The zero-order chi connectivity index (χ0) is 20.7. The molecule has 0 radical (unpaired) electrons. The number of nitrogens with zero attached hydrogens (tertiary/aromatic N) is 3. The molecule has 0 bridgehead atoms. The maximum Gasteiger partial charge on any atom is 0.161 e. The second-order valence-corrected chi connectivity index (χ2v) is 8.68. The highest BCUT2D eigenvalue weighted by atomic mass is 19.1. The van der Waals surface area contributed by atoms with Crippen LogP contribution >= 0.6 is 0 Å². The van der Waals surface area contributed by atoms with E-state index in [1.165, 1.54) is 6.07 Å². The van der Waals surface area contributed by atoms with Crippen LogP contribution in [0.5, 0.6) is 11.5 Å². The SMILES string of the molecule is CC(C)c1nc2ccc(F)cc2n1C1CCCN(CC2COc3ccccc3O2)C1. The molecule has 2 aliphatic rings. The highest BCUT2D eigenvalue weighted by Gasteiger charge is 2.29. The molecule has 1 aromatic heterocycles. The van der Waals surface area contributed by atoms with Crippen molar-refractivity contribution in [3.63, 3.8) is 0 Å². The second-order valence-electron chi connectivity index (χ2n) is 8.68. The van der Waals surface area contributed by atoms with Crippen LogP contribution < -0.4 is 9.47 Å². The second kappa shape index (κ2) is 7.91. The van der Waals surface area contributed by atoms with Crippen LogP contribution in [0.3, 0.4) is 0 Å². The molecule has 0 N–H and O–H groups in total. The number of likely N-dealkylation sites (tertiary alicyclic amines) is 1. The molecule has 0 aliphatic carbocycles. The maximum absolute atomic E-state index is 14.0. The fourth-order valence-corrected chi connectivity index (χ4v) is 4.72. The minimum atomic E-state index is -0.210. The van der Waals surface area contributed by atoms with Crippen molar-refractivity contribution in [1.29, 1.82) is 0 Å². The number of hydrogen-bond donors (Lipinski definition) is 0. The molecular formula is C24H28FN3O2. The summed E-state index contributed by atoms with van der Waals surface area (Å²) in [4.78, 5) is 7.28. The number of imidazole rings is 1. The molecule has 2 atom stereocenters. The van der Waals surface area contributed by atoms with Gasteiger partial charge in [-0.15, -0.1) is 0 Å². The summed E-state index contributed by atoms with van der Waals surface area (Å²) in [6.45, 7) is 7.63. The summed E-state index contributed by atoms with van der Waals surface area (Å²) in [5.41, 5.74) is 1.77. The molecule has 0 amide bonds. The maximum atomic E-state index is 14.0. The molecule has 1 fully saturated rings. The van der Waals surface area contributed by atoms with Crippen molar-refractivity contribution < 1.29 is 13.9 Å². The van der Waals surface area contributed by atoms with Gasteiger partial charge in [0.05, 0.1) is 11.0 Å². The van der Waals surface area contributed by atoms with Crippen molar-refractivity contribution in [1.82, 2.24) is 14.5 Å². The van der Waals surface area contributed by atoms with E-state index < -0.39 is 0 Å². The molecular weight excluding hydrogens is 381 g/mol. The van der Waals surface area contributed by atoms with Gasteiger partial charge in [0.1, 0.15) is 24.4 Å². The molecule has 3 heterocycles. The zero-order valence-corrected chi connectivity index (χ0v) is 17.6. The molecule has 5 rings (SSSR count). The number of benzene rings is 2. The first kappa shape index (κ1) is 19.4. The molecule has 0 spiro atoms. The van der Waals surface area contributed by atoms with Gasteiger partial charge >= 0.3 is 0 Å². The molecule has 0 saturated carbocycles. The highest BCUT2D eigenvalue weighted by molar-refractivity contribution is 5.76. The Labute approximate surface area is 176 Å². The number of rotatable bonds is 4. The molecule has 5 nitrogen and oxygen atoms in total. The summed E-state index contributed by atoms with van der Waals surface area (Å²) in [7, 11) is 0. The predicted molar refractivity (Wildman–Crippen MR) is 115 cm³/mol. The van der Waals surface area contributed by atoms with Crippen LogP contribution in [0.15, 0.2) is 42.5 Å². The first-order chi connectivity index (χ1) is 14.6. The standard InChI is InChI=1S/C24H28FN3O2/c1-16(2)24-26-20-10-9-17(25)12-21(20)28(24)18-6-5-11-27(13-18)14-19-15-29-22-7-3-4-8-23(22)30-19/h3-4,7-10,12,16,18-19H,5-6,11,13-15H2,1-2H3. The van der Waals surface area contributed by atoms with Crippen LogP contribution in [0.1, 0.15) is 44.5 Å². The van der Waals surface area contributed by atoms with Gasteiger partial charge in [-0.3, -0.25) is 4.90 Å². The topological polar surface area (TPSA) is 39.5 Å². The Hall–Kier alpha value is -2.60. The first-order valence-corrected chi connectivity index (χ1v) is 10.9. The van der Waals surface area contributed by atoms with Gasteiger partial charge in [0.2, 0.25) is 0 Å². The number of halogens is 1. The fourth-order valence-electron chi connectivity index (χ4n) is 4.72. The number of piperidine rings is 1. The van der Waals surface area contributed by atoms with Gasteiger partial charge in [-0.05, 0) is 49.7 Å². The van der Waals surface area contributed by atoms with Crippen molar-refractivity contribution in [2.75, 3.05) is 26.2 Å². The largest absolute Gasteiger partial charge is 0.486 e. The smallest absolute Gasteiger partial charge is 0.161 e. The molecule has 2 aromatic carbocycles. The van der Waals surface area contributed by atoms with Gasteiger partial charge < -0.3 is 14.0 Å². The van der Waals surface area contributed by atoms with E-state index in [4.69, 9.17) is 14.5 Å². The van der Waals surface area contributed by atoms with Crippen molar-refractivity contribution in [2.24, 2.45) is 0 Å². The summed E-state index contributed by atoms with van der Waals surface area (Å²) >= 11 is 0. The normalized spacial score (nSPS) is 22.0. The molecule has 158 valence electrons. The van der Waals surface area contributed by atoms with Crippen molar-refractivity contribution in [3.05, 3.63) is 54.1 Å². The van der Waals surface area contributed by atoms with Crippen molar-refractivity contribution in [3.8, 4) is 11.5 Å². The predicted octanol–water partition coefficient (Wildman–Crippen LogP) is 4.78. The molecule has 30 heavy (non-hydrogen) atoms. The Kier molecular flexibility index (Phi) is 5.11.